The molecule has 2 aromatic rings. The van der Waals surface area contributed by atoms with Crippen molar-refractivity contribution in [3.05, 3.63) is 35.8 Å². The summed E-state index contributed by atoms with van der Waals surface area (Å²) in [4.78, 5) is 11.4. The van der Waals surface area contributed by atoms with Gasteiger partial charge in [-0.2, -0.15) is 0 Å². The molecule has 0 aliphatic carbocycles. The molecule has 108 valence electrons. The fourth-order valence-corrected chi connectivity index (χ4v) is 2.20. The van der Waals surface area contributed by atoms with Gasteiger partial charge in [-0.15, -0.1) is 0 Å². The number of halogens is 1. The molecule has 4 nitrogen and oxygen atoms in total. The van der Waals surface area contributed by atoms with E-state index in [0.717, 1.165) is 0 Å². The number of furan rings is 1. The molecule has 0 aliphatic rings. The molecule has 2 rings (SSSR count). The van der Waals surface area contributed by atoms with Crippen molar-refractivity contribution >= 4 is 16.9 Å². The topological polar surface area (TPSA) is 68.3 Å². The second kappa shape index (κ2) is 5.63. The van der Waals surface area contributed by atoms with Gasteiger partial charge in [-0.05, 0) is 37.1 Å². The van der Waals surface area contributed by atoms with Crippen LogP contribution in [0.3, 0.4) is 0 Å². The van der Waals surface area contributed by atoms with Crippen molar-refractivity contribution in [2.45, 2.75) is 32.9 Å². The molecule has 1 heterocycles. The minimum absolute atomic E-state index is 0.0803. The van der Waals surface area contributed by atoms with Crippen LogP contribution >= 0.6 is 0 Å². The Balaban J connectivity index is 2.22. The van der Waals surface area contributed by atoms with Crippen molar-refractivity contribution in [1.29, 1.82) is 0 Å². The molecule has 2 atom stereocenters. The van der Waals surface area contributed by atoms with Crippen LogP contribution in [-0.2, 0) is 4.79 Å². The van der Waals surface area contributed by atoms with Crippen LogP contribution in [0.5, 0.6) is 0 Å². The van der Waals surface area contributed by atoms with Gasteiger partial charge in [0.15, 0.2) is 0 Å². The minimum Gasteiger partial charge on any atom is -0.459 e. The first-order chi connectivity index (χ1) is 9.38. The van der Waals surface area contributed by atoms with E-state index < -0.39 is 11.9 Å². The Labute approximate surface area is 117 Å². The van der Waals surface area contributed by atoms with Crippen LogP contribution in [0.15, 0.2) is 28.7 Å². The van der Waals surface area contributed by atoms with E-state index in [1.165, 1.54) is 12.1 Å². The molecule has 0 saturated heterocycles. The standard InChI is InChI=1S/C15H19FN2O2/c1-8(2)14(15(17)19)18-9(3)13-7-10-6-11(16)4-5-12(10)20-13/h4-9,14,18H,1-3H3,(H2,17,19)/t9?,14-/m0/s1. The molecule has 0 aliphatic heterocycles. The molecule has 3 N–H and O–H groups in total. The summed E-state index contributed by atoms with van der Waals surface area (Å²) in [5.41, 5.74) is 6.00. The summed E-state index contributed by atoms with van der Waals surface area (Å²) < 4.78 is 18.8. The Bertz CT molecular complexity index is 621. The SMILES string of the molecule is CC(N[C@H](C(N)=O)C(C)C)c1cc2cc(F)ccc2o1. The molecule has 1 unspecified atom stereocenters. The Morgan fingerprint density at radius 3 is 2.60 bits per heavy atom. The summed E-state index contributed by atoms with van der Waals surface area (Å²) in [6.07, 6.45) is 0. The molecule has 0 radical (unpaired) electrons. The molecule has 1 amide bonds. The lowest BCUT2D eigenvalue weighted by Gasteiger charge is -2.22. The highest BCUT2D eigenvalue weighted by molar-refractivity contribution is 5.80. The van der Waals surface area contributed by atoms with E-state index in [2.05, 4.69) is 5.32 Å². The maximum absolute atomic E-state index is 13.2. The van der Waals surface area contributed by atoms with Crippen LogP contribution < -0.4 is 11.1 Å². The predicted molar refractivity (Wildman–Crippen MR) is 75.5 cm³/mol. The Kier molecular flexibility index (Phi) is 4.09. The van der Waals surface area contributed by atoms with Crippen LogP contribution in [0.1, 0.15) is 32.6 Å². The van der Waals surface area contributed by atoms with E-state index in [0.29, 0.717) is 16.7 Å². The molecule has 20 heavy (non-hydrogen) atoms. The normalized spacial score (nSPS) is 14.7. The number of rotatable bonds is 5. The summed E-state index contributed by atoms with van der Waals surface area (Å²) in [7, 11) is 0. The lowest BCUT2D eigenvalue weighted by Crippen LogP contribution is -2.45. The van der Waals surface area contributed by atoms with E-state index in [1.54, 1.807) is 12.1 Å². The number of benzene rings is 1. The first-order valence-electron chi connectivity index (χ1n) is 6.63. The fourth-order valence-electron chi connectivity index (χ4n) is 2.20. The number of nitrogens with two attached hydrogens (primary N) is 1. The number of hydrogen-bond donors (Lipinski definition) is 2. The molecule has 0 spiro atoms. The van der Waals surface area contributed by atoms with Gasteiger partial charge in [0.05, 0.1) is 12.1 Å². The summed E-state index contributed by atoms with van der Waals surface area (Å²) in [6.45, 7) is 5.72. The maximum atomic E-state index is 13.2. The van der Waals surface area contributed by atoms with E-state index in [9.17, 15) is 9.18 Å². The summed E-state index contributed by atoms with van der Waals surface area (Å²) in [6, 6.07) is 5.51. The largest absolute Gasteiger partial charge is 0.459 e. The Morgan fingerprint density at radius 1 is 1.30 bits per heavy atom. The van der Waals surface area contributed by atoms with Gasteiger partial charge in [0.2, 0.25) is 5.91 Å². The van der Waals surface area contributed by atoms with Crippen molar-refractivity contribution < 1.29 is 13.6 Å². The smallest absolute Gasteiger partial charge is 0.234 e. The lowest BCUT2D eigenvalue weighted by atomic mass is 10.0. The van der Waals surface area contributed by atoms with E-state index in [-0.39, 0.29) is 17.8 Å². The van der Waals surface area contributed by atoms with E-state index in [1.807, 2.05) is 20.8 Å². The monoisotopic (exact) mass is 278 g/mol. The molecule has 0 bridgehead atoms. The average Bonchev–Trinajstić information content (AvgIpc) is 2.77. The van der Waals surface area contributed by atoms with Crippen molar-refractivity contribution in [1.82, 2.24) is 5.32 Å². The molecule has 0 saturated carbocycles. The van der Waals surface area contributed by atoms with Crippen LogP contribution in [0.25, 0.3) is 11.0 Å². The highest BCUT2D eigenvalue weighted by Crippen LogP contribution is 2.25. The third kappa shape index (κ3) is 2.99. The highest BCUT2D eigenvalue weighted by atomic mass is 19.1. The quantitative estimate of drug-likeness (QED) is 0.883. The number of nitrogens with one attached hydrogen (secondary N) is 1. The third-order valence-corrected chi connectivity index (χ3v) is 3.33. The molecular weight excluding hydrogens is 259 g/mol. The molecular formula is C15H19FN2O2. The van der Waals surface area contributed by atoms with Crippen LogP contribution in [0.2, 0.25) is 0 Å². The predicted octanol–water partition coefficient (Wildman–Crippen LogP) is 2.73. The first kappa shape index (κ1) is 14.5. The van der Waals surface area contributed by atoms with Crippen LogP contribution in [0.4, 0.5) is 4.39 Å². The molecule has 1 aromatic carbocycles. The average molecular weight is 278 g/mol. The van der Waals surface area contributed by atoms with Gasteiger partial charge >= 0.3 is 0 Å². The fraction of sp³-hybridized carbons (Fsp3) is 0.400. The number of carbonyl (C=O) groups excluding carboxylic acids is 1. The van der Waals surface area contributed by atoms with Gasteiger partial charge < -0.3 is 10.2 Å². The molecule has 5 heteroatoms. The molecule has 0 fully saturated rings. The zero-order valence-electron chi connectivity index (χ0n) is 11.8. The molecule has 1 aromatic heterocycles. The zero-order chi connectivity index (χ0) is 14.9. The third-order valence-electron chi connectivity index (χ3n) is 3.33. The summed E-state index contributed by atoms with van der Waals surface area (Å²) in [5.74, 6) is 0.0333. The summed E-state index contributed by atoms with van der Waals surface area (Å²) >= 11 is 0. The highest BCUT2D eigenvalue weighted by Gasteiger charge is 2.23. The Hall–Kier alpha value is -1.88. The van der Waals surface area contributed by atoms with Crippen molar-refractivity contribution in [2.75, 3.05) is 0 Å². The van der Waals surface area contributed by atoms with Crippen molar-refractivity contribution in [2.24, 2.45) is 11.7 Å². The zero-order valence-corrected chi connectivity index (χ0v) is 11.8. The van der Waals surface area contributed by atoms with Gasteiger partial charge in [0.25, 0.3) is 0 Å². The van der Waals surface area contributed by atoms with Gasteiger partial charge in [-0.1, -0.05) is 13.8 Å². The van der Waals surface area contributed by atoms with Gasteiger partial charge in [0.1, 0.15) is 17.2 Å². The summed E-state index contributed by atoms with van der Waals surface area (Å²) in [5, 5.41) is 3.85. The maximum Gasteiger partial charge on any atom is 0.234 e. The van der Waals surface area contributed by atoms with Crippen molar-refractivity contribution in [3.63, 3.8) is 0 Å². The number of carbonyl (C=O) groups is 1. The Morgan fingerprint density at radius 2 is 2.00 bits per heavy atom. The second-order valence-electron chi connectivity index (χ2n) is 5.34. The van der Waals surface area contributed by atoms with E-state index in [4.69, 9.17) is 10.2 Å². The van der Waals surface area contributed by atoms with Crippen LogP contribution in [-0.4, -0.2) is 11.9 Å². The lowest BCUT2D eigenvalue weighted by molar-refractivity contribution is -0.121. The van der Waals surface area contributed by atoms with Crippen molar-refractivity contribution in [3.8, 4) is 0 Å². The van der Waals surface area contributed by atoms with Crippen LogP contribution in [0, 0.1) is 11.7 Å². The minimum atomic E-state index is -0.435. The number of fused-ring (bicyclic) bond motifs is 1. The van der Waals surface area contributed by atoms with Gasteiger partial charge in [0, 0.05) is 5.39 Å². The number of hydrogen-bond acceptors (Lipinski definition) is 3. The number of amides is 1. The first-order valence-corrected chi connectivity index (χ1v) is 6.63. The van der Waals surface area contributed by atoms with Gasteiger partial charge in [-0.25, -0.2) is 4.39 Å². The van der Waals surface area contributed by atoms with Gasteiger partial charge in [-0.3, -0.25) is 10.1 Å². The number of primary amides is 1. The van der Waals surface area contributed by atoms with E-state index >= 15 is 0 Å². The second-order valence-corrected chi connectivity index (χ2v) is 5.34.